The Labute approximate surface area is 110 Å². The third-order valence-electron chi connectivity index (χ3n) is 3.69. The van der Waals surface area contributed by atoms with Crippen LogP contribution >= 0.6 is 0 Å². The molecule has 0 amide bonds. The first kappa shape index (κ1) is 13.5. The van der Waals surface area contributed by atoms with Gasteiger partial charge in [0.1, 0.15) is 0 Å². The second-order valence-corrected chi connectivity index (χ2v) is 5.75. The van der Waals surface area contributed by atoms with Gasteiger partial charge in [-0.1, -0.05) is 19.9 Å². The lowest BCUT2D eigenvalue weighted by Gasteiger charge is -2.38. The van der Waals surface area contributed by atoms with Crippen LogP contribution in [-0.4, -0.2) is 42.6 Å². The van der Waals surface area contributed by atoms with Crippen molar-refractivity contribution in [3.05, 3.63) is 30.1 Å². The van der Waals surface area contributed by atoms with Gasteiger partial charge < -0.3 is 16.0 Å². The molecule has 1 aliphatic rings. The zero-order valence-electron chi connectivity index (χ0n) is 11.4. The SMILES string of the molecule is CC(C)(CN1CCNCC1)C(N)c1ccccn1. The minimum absolute atomic E-state index is 0.0198. The molecule has 1 fully saturated rings. The molecule has 1 aromatic rings. The molecular weight excluding hydrogens is 224 g/mol. The molecule has 0 spiro atoms. The zero-order chi connectivity index (χ0) is 13.0. The Hall–Kier alpha value is -0.970. The number of hydrogen-bond donors (Lipinski definition) is 2. The van der Waals surface area contributed by atoms with Crippen molar-refractivity contribution in [1.82, 2.24) is 15.2 Å². The fourth-order valence-corrected chi connectivity index (χ4v) is 2.50. The molecule has 0 saturated carbocycles. The number of hydrogen-bond acceptors (Lipinski definition) is 4. The van der Waals surface area contributed by atoms with Crippen LogP contribution in [0.5, 0.6) is 0 Å². The van der Waals surface area contributed by atoms with Crippen LogP contribution in [0.3, 0.4) is 0 Å². The van der Waals surface area contributed by atoms with E-state index >= 15 is 0 Å². The minimum atomic E-state index is -0.0198. The Kier molecular flexibility index (Phi) is 4.32. The van der Waals surface area contributed by atoms with Gasteiger partial charge >= 0.3 is 0 Å². The van der Waals surface area contributed by atoms with Crippen molar-refractivity contribution in [2.75, 3.05) is 32.7 Å². The Balaban J connectivity index is 2.00. The molecule has 100 valence electrons. The number of nitrogens with two attached hydrogens (primary N) is 1. The van der Waals surface area contributed by atoms with E-state index in [0.717, 1.165) is 38.4 Å². The molecule has 1 saturated heterocycles. The molecule has 1 aromatic heterocycles. The first-order valence-electron chi connectivity index (χ1n) is 6.69. The summed E-state index contributed by atoms with van der Waals surface area (Å²) in [5.74, 6) is 0. The van der Waals surface area contributed by atoms with Gasteiger partial charge in [0.2, 0.25) is 0 Å². The Morgan fingerprint density at radius 1 is 1.39 bits per heavy atom. The van der Waals surface area contributed by atoms with Crippen LogP contribution in [0.4, 0.5) is 0 Å². The number of piperazine rings is 1. The number of aromatic nitrogens is 1. The summed E-state index contributed by atoms with van der Waals surface area (Å²) in [6.45, 7) is 9.86. The van der Waals surface area contributed by atoms with Crippen molar-refractivity contribution >= 4 is 0 Å². The highest BCUT2D eigenvalue weighted by atomic mass is 15.2. The normalized spacial score (nSPS) is 19.7. The van der Waals surface area contributed by atoms with E-state index in [1.54, 1.807) is 0 Å². The summed E-state index contributed by atoms with van der Waals surface area (Å²) in [6.07, 6.45) is 1.82. The van der Waals surface area contributed by atoms with E-state index in [-0.39, 0.29) is 11.5 Å². The summed E-state index contributed by atoms with van der Waals surface area (Å²) in [5, 5.41) is 3.38. The third kappa shape index (κ3) is 3.28. The Morgan fingerprint density at radius 2 is 2.11 bits per heavy atom. The highest BCUT2D eigenvalue weighted by molar-refractivity contribution is 5.11. The molecule has 2 heterocycles. The molecule has 0 aromatic carbocycles. The second-order valence-electron chi connectivity index (χ2n) is 5.75. The fourth-order valence-electron chi connectivity index (χ4n) is 2.50. The van der Waals surface area contributed by atoms with E-state index in [4.69, 9.17) is 5.73 Å². The molecule has 1 aliphatic heterocycles. The number of nitrogens with zero attached hydrogens (tertiary/aromatic N) is 2. The smallest absolute Gasteiger partial charge is 0.0576 e. The van der Waals surface area contributed by atoms with E-state index in [2.05, 4.69) is 29.0 Å². The van der Waals surface area contributed by atoms with Gasteiger partial charge in [0.05, 0.1) is 11.7 Å². The monoisotopic (exact) mass is 248 g/mol. The Morgan fingerprint density at radius 3 is 2.72 bits per heavy atom. The predicted molar refractivity (Wildman–Crippen MR) is 74.3 cm³/mol. The summed E-state index contributed by atoms with van der Waals surface area (Å²) in [6, 6.07) is 5.93. The van der Waals surface area contributed by atoms with E-state index in [9.17, 15) is 0 Å². The fraction of sp³-hybridized carbons (Fsp3) is 0.643. The maximum absolute atomic E-state index is 6.39. The van der Waals surface area contributed by atoms with Gasteiger partial charge in [0.25, 0.3) is 0 Å². The van der Waals surface area contributed by atoms with Gasteiger partial charge in [0.15, 0.2) is 0 Å². The summed E-state index contributed by atoms with van der Waals surface area (Å²) >= 11 is 0. The molecule has 4 nitrogen and oxygen atoms in total. The van der Waals surface area contributed by atoms with Crippen molar-refractivity contribution in [3.63, 3.8) is 0 Å². The van der Waals surface area contributed by atoms with Crippen molar-refractivity contribution in [1.29, 1.82) is 0 Å². The summed E-state index contributed by atoms with van der Waals surface area (Å²) in [5.41, 5.74) is 7.40. The maximum Gasteiger partial charge on any atom is 0.0576 e. The van der Waals surface area contributed by atoms with Crippen molar-refractivity contribution in [3.8, 4) is 0 Å². The minimum Gasteiger partial charge on any atom is -0.322 e. The average Bonchev–Trinajstić information content (AvgIpc) is 2.39. The topological polar surface area (TPSA) is 54.2 Å². The quantitative estimate of drug-likeness (QED) is 0.835. The van der Waals surface area contributed by atoms with Gasteiger partial charge in [-0.25, -0.2) is 0 Å². The van der Waals surface area contributed by atoms with Crippen molar-refractivity contribution in [2.24, 2.45) is 11.1 Å². The average molecular weight is 248 g/mol. The summed E-state index contributed by atoms with van der Waals surface area (Å²) in [4.78, 5) is 6.87. The van der Waals surface area contributed by atoms with Crippen LogP contribution in [-0.2, 0) is 0 Å². The standard InChI is InChI=1S/C14H24N4/c1-14(2,11-18-9-7-16-8-10-18)13(15)12-5-3-4-6-17-12/h3-6,13,16H,7-11,15H2,1-2H3. The van der Waals surface area contributed by atoms with Gasteiger partial charge in [-0.2, -0.15) is 0 Å². The molecule has 18 heavy (non-hydrogen) atoms. The number of nitrogens with one attached hydrogen (secondary N) is 1. The van der Waals surface area contributed by atoms with E-state index in [0.29, 0.717) is 0 Å². The second kappa shape index (κ2) is 5.78. The Bertz CT molecular complexity index is 357. The zero-order valence-corrected chi connectivity index (χ0v) is 11.4. The number of pyridine rings is 1. The molecule has 4 heteroatoms. The summed E-state index contributed by atoms with van der Waals surface area (Å²) < 4.78 is 0. The van der Waals surface area contributed by atoms with Crippen LogP contribution in [0.25, 0.3) is 0 Å². The molecule has 0 radical (unpaired) electrons. The number of rotatable bonds is 4. The molecule has 1 unspecified atom stereocenters. The van der Waals surface area contributed by atoms with Crippen LogP contribution in [0.2, 0.25) is 0 Å². The first-order chi connectivity index (χ1) is 8.59. The van der Waals surface area contributed by atoms with Gasteiger partial charge in [0, 0.05) is 38.9 Å². The van der Waals surface area contributed by atoms with Gasteiger partial charge in [-0.05, 0) is 17.5 Å². The lowest BCUT2D eigenvalue weighted by Crippen LogP contribution is -2.49. The largest absolute Gasteiger partial charge is 0.322 e. The molecule has 0 bridgehead atoms. The van der Waals surface area contributed by atoms with Gasteiger partial charge in [-0.15, -0.1) is 0 Å². The maximum atomic E-state index is 6.39. The molecule has 0 aliphatic carbocycles. The lowest BCUT2D eigenvalue weighted by atomic mass is 9.82. The van der Waals surface area contributed by atoms with E-state index in [1.165, 1.54) is 0 Å². The predicted octanol–water partition coefficient (Wildman–Crippen LogP) is 1.01. The molecule has 1 atom stereocenters. The van der Waals surface area contributed by atoms with Crippen molar-refractivity contribution in [2.45, 2.75) is 19.9 Å². The summed E-state index contributed by atoms with van der Waals surface area (Å²) in [7, 11) is 0. The van der Waals surface area contributed by atoms with Crippen LogP contribution in [0, 0.1) is 5.41 Å². The molecular formula is C14H24N4. The highest BCUT2D eigenvalue weighted by Gasteiger charge is 2.31. The highest BCUT2D eigenvalue weighted by Crippen LogP contribution is 2.31. The van der Waals surface area contributed by atoms with Gasteiger partial charge in [-0.3, -0.25) is 4.98 Å². The molecule has 3 N–H and O–H groups in total. The van der Waals surface area contributed by atoms with Crippen LogP contribution in [0.15, 0.2) is 24.4 Å². The first-order valence-corrected chi connectivity index (χ1v) is 6.69. The third-order valence-corrected chi connectivity index (χ3v) is 3.69. The van der Waals surface area contributed by atoms with E-state index in [1.807, 2.05) is 24.4 Å². The van der Waals surface area contributed by atoms with Crippen LogP contribution < -0.4 is 11.1 Å². The molecule has 2 rings (SSSR count). The lowest BCUT2D eigenvalue weighted by molar-refractivity contribution is 0.137. The van der Waals surface area contributed by atoms with E-state index < -0.39 is 0 Å². The van der Waals surface area contributed by atoms with Crippen molar-refractivity contribution < 1.29 is 0 Å². The van der Waals surface area contributed by atoms with Crippen LogP contribution in [0.1, 0.15) is 25.6 Å².